The van der Waals surface area contributed by atoms with Gasteiger partial charge in [-0.3, -0.25) is 4.79 Å². The molecule has 4 rings (SSSR count). The van der Waals surface area contributed by atoms with E-state index in [1.165, 1.54) is 5.56 Å². The summed E-state index contributed by atoms with van der Waals surface area (Å²) >= 11 is 0. The lowest BCUT2D eigenvalue weighted by atomic mass is 10.1. The van der Waals surface area contributed by atoms with Crippen LogP contribution < -0.4 is 5.73 Å². The molecule has 0 fully saturated rings. The van der Waals surface area contributed by atoms with Gasteiger partial charge in [-0.25, -0.2) is 0 Å². The number of nitrogens with two attached hydrogens (primary N) is 1. The molecule has 0 radical (unpaired) electrons. The molecule has 2 aromatic heterocycles. The number of amides is 1. The molecule has 1 aromatic carbocycles. The molecule has 1 amide bonds. The Hall–Kier alpha value is -2.89. The maximum Gasteiger partial charge on any atom is 0.270 e. The van der Waals surface area contributed by atoms with Gasteiger partial charge in [-0.15, -0.1) is 5.10 Å². The molecule has 0 bridgehead atoms. The number of nitrogen functional groups attached to an aromatic ring is 1. The first-order valence-electron chi connectivity index (χ1n) is 7.60. The van der Waals surface area contributed by atoms with E-state index in [9.17, 15) is 4.79 Å². The second-order valence-electron chi connectivity index (χ2n) is 5.99. The summed E-state index contributed by atoms with van der Waals surface area (Å²) in [4.78, 5) is 17.8. The second-order valence-corrected chi connectivity index (χ2v) is 5.99. The molecule has 1 aliphatic heterocycles. The Morgan fingerprint density at radius 2 is 2.13 bits per heavy atom. The molecule has 23 heavy (non-hydrogen) atoms. The lowest BCUT2D eigenvalue weighted by Crippen LogP contribution is -2.36. The monoisotopic (exact) mass is 307 g/mol. The van der Waals surface area contributed by atoms with Gasteiger partial charge in [0.05, 0.1) is 5.69 Å². The van der Waals surface area contributed by atoms with Crippen LogP contribution in [-0.2, 0) is 13.0 Å². The maximum atomic E-state index is 12.8. The average Bonchev–Trinajstić information content (AvgIpc) is 2.96. The van der Waals surface area contributed by atoms with Gasteiger partial charge in [0.2, 0.25) is 0 Å². The van der Waals surface area contributed by atoms with Gasteiger partial charge in [-0.05, 0) is 36.2 Å². The number of H-pyrrole nitrogens is 1. The third-order valence-corrected chi connectivity index (χ3v) is 4.25. The Morgan fingerprint density at radius 1 is 1.26 bits per heavy atom. The van der Waals surface area contributed by atoms with Gasteiger partial charge >= 0.3 is 0 Å². The highest BCUT2D eigenvalue weighted by Crippen LogP contribution is 2.22. The molecule has 6 heteroatoms. The summed E-state index contributed by atoms with van der Waals surface area (Å²) < 4.78 is 0. The van der Waals surface area contributed by atoms with Gasteiger partial charge in [0.1, 0.15) is 11.5 Å². The van der Waals surface area contributed by atoms with Crippen LogP contribution >= 0.6 is 0 Å². The van der Waals surface area contributed by atoms with Gasteiger partial charge in [-0.1, -0.05) is 12.1 Å². The van der Waals surface area contributed by atoms with Crippen LogP contribution in [0.5, 0.6) is 0 Å². The van der Waals surface area contributed by atoms with Gasteiger partial charge in [0, 0.05) is 30.4 Å². The Morgan fingerprint density at radius 3 is 3.00 bits per heavy atom. The van der Waals surface area contributed by atoms with Crippen molar-refractivity contribution in [3.05, 3.63) is 52.8 Å². The van der Waals surface area contributed by atoms with Crippen molar-refractivity contribution in [1.29, 1.82) is 0 Å². The van der Waals surface area contributed by atoms with E-state index < -0.39 is 0 Å². The summed E-state index contributed by atoms with van der Waals surface area (Å²) in [5, 5.41) is 9.03. The van der Waals surface area contributed by atoms with Crippen LogP contribution in [-0.4, -0.2) is 32.5 Å². The fourth-order valence-corrected chi connectivity index (χ4v) is 3.05. The molecule has 0 saturated carbocycles. The predicted molar refractivity (Wildman–Crippen MR) is 87.9 cm³/mol. The van der Waals surface area contributed by atoms with E-state index >= 15 is 0 Å². The zero-order valence-corrected chi connectivity index (χ0v) is 12.8. The SMILES string of the molecule is Cc1ccc2cc(C(=O)N3CCc4nnc(N)cc4C3)[nH]c2c1. The third kappa shape index (κ3) is 2.42. The van der Waals surface area contributed by atoms with Crippen LogP contribution in [0.1, 0.15) is 27.3 Å². The predicted octanol–water partition coefficient (Wildman–Crippen LogP) is 2.05. The molecule has 6 nitrogen and oxygen atoms in total. The summed E-state index contributed by atoms with van der Waals surface area (Å²) in [7, 11) is 0. The molecule has 0 aliphatic carbocycles. The lowest BCUT2D eigenvalue weighted by molar-refractivity contribution is 0.0728. The quantitative estimate of drug-likeness (QED) is 0.720. The molecule has 3 aromatic rings. The number of benzene rings is 1. The number of aromatic nitrogens is 3. The number of nitrogens with zero attached hydrogens (tertiary/aromatic N) is 3. The Bertz CT molecular complexity index is 914. The highest BCUT2D eigenvalue weighted by Gasteiger charge is 2.24. The number of aromatic amines is 1. The van der Waals surface area contributed by atoms with Crippen molar-refractivity contribution in [2.75, 3.05) is 12.3 Å². The molecular formula is C17H17N5O. The van der Waals surface area contributed by atoms with Gasteiger partial charge in [0.15, 0.2) is 0 Å². The molecular weight excluding hydrogens is 290 g/mol. The van der Waals surface area contributed by atoms with E-state index in [4.69, 9.17) is 5.73 Å². The van der Waals surface area contributed by atoms with E-state index in [2.05, 4.69) is 15.2 Å². The molecule has 0 unspecified atom stereocenters. The summed E-state index contributed by atoms with van der Waals surface area (Å²) in [5.41, 5.74) is 10.4. The maximum absolute atomic E-state index is 12.8. The number of rotatable bonds is 1. The first kappa shape index (κ1) is 13.8. The standard InChI is InChI=1S/C17H17N5O/c1-10-2-3-11-7-15(19-14(11)6-10)17(23)22-5-4-13-12(9-22)8-16(18)21-20-13/h2-3,6-8,19H,4-5,9H2,1H3,(H2,18,21). The van der Waals surface area contributed by atoms with Crippen LogP contribution in [0.25, 0.3) is 10.9 Å². The fourth-order valence-electron chi connectivity index (χ4n) is 3.05. The summed E-state index contributed by atoms with van der Waals surface area (Å²) in [6, 6.07) is 9.83. The topological polar surface area (TPSA) is 87.9 Å². The second kappa shape index (κ2) is 5.08. The van der Waals surface area contributed by atoms with E-state index in [0.717, 1.165) is 22.2 Å². The normalized spacial score (nSPS) is 14.0. The van der Waals surface area contributed by atoms with Gasteiger partial charge in [-0.2, -0.15) is 5.10 Å². The number of hydrogen-bond acceptors (Lipinski definition) is 4. The first-order valence-corrected chi connectivity index (χ1v) is 7.60. The minimum absolute atomic E-state index is 0.000105. The van der Waals surface area contributed by atoms with Gasteiger partial charge in [0.25, 0.3) is 5.91 Å². The number of fused-ring (bicyclic) bond motifs is 2. The average molecular weight is 307 g/mol. The van der Waals surface area contributed by atoms with Crippen molar-refractivity contribution < 1.29 is 4.79 Å². The van der Waals surface area contributed by atoms with E-state index in [-0.39, 0.29) is 5.91 Å². The molecule has 0 spiro atoms. The van der Waals surface area contributed by atoms with E-state index in [1.807, 2.05) is 36.1 Å². The number of hydrogen-bond donors (Lipinski definition) is 2. The Kier molecular flexibility index (Phi) is 3.04. The molecule has 3 heterocycles. The Labute approximate surface area is 133 Å². The number of aryl methyl sites for hydroxylation is 1. The fraction of sp³-hybridized carbons (Fsp3) is 0.235. The molecule has 3 N–H and O–H groups in total. The minimum Gasteiger partial charge on any atom is -0.382 e. The van der Waals surface area contributed by atoms with Crippen LogP contribution in [0.4, 0.5) is 5.82 Å². The van der Waals surface area contributed by atoms with Crippen LogP contribution in [0, 0.1) is 6.92 Å². The van der Waals surface area contributed by atoms with Crippen LogP contribution in [0.2, 0.25) is 0 Å². The van der Waals surface area contributed by atoms with E-state index in [0.29, 0.717) is 31.0 Å². The number of carbonyl (C=O) groups excluding carboxylic acids is 1. The van der Waals surface area contributed by atoms with Crippen molar-refractivity contribution >= 4 is 22.6 Å². The van der Waals surface area contributed by atoms with Crippen molar-refractivity contribution in [2.45, 2.75) is 19.9 Å². The Balaban J connectivity index is 1.63. The number of anilines is 1. The highest BCUT2D eigenvalue weighted by atomic mass is 16.2. The van der Waals surface area contributed by atoms with Crippen LogP contribution in [0.3, 0.4) is 0 Å². The number of carbonyl (C=O) groups is 1. The molecule has 1 aliphatic rings. The molecule has 0 atom stereocenters. The van der Waals surface area contributed by atoms with Crippen LogP contribution in [0.15, 0.2) is 30.3 Å². The van der Waals surface area contributed by atoms with E-state index in [1.54, 1.807) is 6.07 Å². The molecule has 0 saturated heterocycles. The van der Waals surface area contributed by atoms with Gasteiger partial charge < -0.3 is 15.6 Å². The molecule has 116 valence electrons. The minimum atomic E-state index is -0.000105. The lowest BCUT2D eigenvalue weighted by Gasteiger charge is -2.27. The number of nitrogens with one attached hydrogen (secondary N) is 1. The van der Waals surface area contributed by atoms with Crippen molar-refractivity contribution in [1.82, 2.24) is 20.1 Å². The smallest absolute Gasteiger partial charge is 0.270 e. The highest BCUT2D eigenvalue weighted by molar-refractivity contribution is 5.98. The summed E-state index contributed by atoms with van der Waals surface area (Å²) in [5.74, 6) is 0.388. The zero-order valence-electron chi connectivity index (χ0n) is 12.8. The summed E-state index contributed by atoms with van der Waals surface area (Å²) in [6.45, 7) is 3.19. The zero-order chi connectivity index (χ0) is 16.0. The van der Waals surface area contributed by atoms with Crippen molar-refractivity contribution in [3.8, 4) is 0 Å². The summed E-state index contributed by atoms with van der Waals surface area (Å²) in [6.07, 6.45) is 0.702. The van der Waals surface area contributed by atoms with Crippen molar-refractivity contribution in [2.24, 2.45) is 0 Å². The first-order chi connectivity index (χ1) is 11.1. The third-order valence-electron chi connectivity index (χ3n) is 4.25. The largest absolute Gasteiger partial charge is 0.382 e. The van der Waals surface area contributed by atoms with Crippen molar-refractivity contribution in [3.63, 3.8) is 0 Å².